The summed E-state index contributed by atoms with van der Waals surface area (Å²) in [6, 6.07) is 6.17. The highest BCUT2D eigenvalue weighted by Gasteiger charge is 2.22. The average molecular weight is 347 g/mol. The van der Waals surface area contributed by atoms with Gasteiger partial charge in [0, 0.05) is 19.6 Å². The Morgan fingerprint density at radius 2 is 1.52 bits per heavy atom. The first-order chi connectivity index (χ1) is 11.6. The molecule has 1 aliphatic heterocycles. The lowest BCUT2D eigenvalue weighted by Crippen LogP contribution is -2.38. The van der Waals surface area contributed by atoms with Crippen molar-refractivity contribution in [2.45, 2.75) is 52.4 Å². The van der Waals surface area contributed by atoms with Crippen molar-refractivity contribution >= 4 is 5.97 Å². The predicted molar refractivity (Wildman–Crippen MR) is 101 cm³/mol. The fourth-order valence-corrected chi connectivity index (χ4v) is 2.79. The van der Waals surface area contributed by atoms with Crippen molar-refractivity contribution in [3.63, 3.8) is 0 Å². The number of carbonyl (C=O) groups excluding carboxylic acids is 1. The fraction of sp³-hybridized carbons (Fsp3) is 0.667. The van der Waals surface area contributed by atoms with Gasteiger partial charge in [0.15, 0.2) is 0 Å². The summed E-state index contributed by atoms with van der Waals surface area (Å²) in [7, 11) is 0. The van der Waals surface area contributed by atoms with Crippen LogP contribution in [0.15, 0.2) is 18.2 Å². The minimum absolute atomic E-state index is 0.00983. The maximum absolute atomic E-state index is 12.6. The molecular weight excluding hydrogens is 314 g/mol. The number of ether oxygens (including phenoxy) is 2. The second kappa shape index (κ2) is 7.88. The smallest absolute Gasteiger partial charge is 0.338 e. The number of hydrogen-bond acceptors (Lipinski definition) is 4. The lowest BCUT2D eigenvalue weighted by Gasteiger charge is -2.27. The van der Waals surface area contributed by atoms with E-state index in [1.165, 1.54) is 11.1 Å². The zero-order valence-corrected chi connectivity index (χ0v) is 16.6. The largest absolute Gasteiger partial charge is 0.461 e. The molecule has 4 heteroatoms. The molecule has 1 heterocycles. The third-order valence-electron chi connectivity index (χ3n) is 4.65. The molecule has 0 amide bonds. The van der Waals surface area contributed by atoms with Crippen LogP contribution in [0.25, 0.3) is 0 Å². The lowest BCUT2D eigenvalue weighted by molar-refractivity contribution is 0.0195. The van der Waals surface area contributed by atoms with Gasteiger partial charge in [0.25, 0.3) is 0 Å². The second-order valence-corrected chi connectivity index (χ2v) is 8.89. The van der Waals surface area contributed by atoms with E-state index >= 15 is 0 Å². The summed E-state index contributed by atoms with van der Waals surface area (Å²) in [6.45, 7) is 17.5. The summed E-state index contributed by atoms with van der Waals surface area (Å²) < 4.78 is 10.9. The van der Waals surface area contributed by atoms with Gasteiger partial charge in [-0.15, -0.1) is 0 Å². The van der Waals surface area contributed by atoms with E-state index in [1.54, 1.807) is 0 Å². The van der Waals surface area contributed by atoms with Crippen molar-refractivity contribution in [1.82, 2.24) is 4.90 Å². The zero-order valence-electron chi connectivity index (χ0n) is 16.6. The number of nitrogens with zero attached hydrogens (tertiary/aromatic N) is 1. The average Bonchev–Trinajstić information content (AvgIpc) is 2.53. The molecule has 0 N–H and O–H groups in total. The van der Waals surface area contributed by atoms with Gasteiger partial charge in [-0.1, -0.05) is 47.6 Å². The van der Waals surface area contributed by atoms with E-state index in [-0.39, 0.29) is 16.8 Å². The van der Waals surface area contributed by atoms with Crippen LogP contribution in [0.3, 0.4) is 0 Å². The van der Waals surface area contributed by atoms with Crippen molar-refractivity contribution in [3.8, 4) is 0 Å². The van der Waals surface area contributed by atoms with E-state index in [4.69, 9.17) is 9.47 Å². The molecule has 1 aromatic rings. The molecule has 1 fully saturated rings. The van der Waals surface area contributed by atoms with Crippen molar-refractivity contribution in [2.75, 3.05) is 39.5 Å². The highest BCUT2D eigenvalue weighted by atomic mass is 16.5. The third-order valence-corrected chi connectivity index (χ3v) is 4.65. The number of morpholine rings is 1. The van der Waals surface area contributed by atoms with E-state index in [1.807, 2.05) is 12.1 Å². The normalized spacial score (nSPS) is 16.7. The molecule has 0 bridgehead atoms. The van der Waals surface area contributed by atoms with E-state index in [0.717, 1.165) is 32.8 Å². The molecule has 1 aromatic carbocycles. The van der Waals surface area contributed by atoms with Crippen molar-refractivity contribution in [2.24, 2.45) is 0 Å². The Bertz CT molecular complexity index is 558. The minimum Gasteiger partial charge on any atom is -0.461 e. The van der Waals surface area contributed by atoms with Crippen LogP contribution in [0.1, 0.15) is 63.0 Å². The predicted octanol–water partition coefficient (Wildman–Crippen LogP) is 3.77. The molecule has 0 unspecified atom stereocenters. The van der Waals surface area contributed by atoms with Gasteiger partial charge in [0.1, 0.15) is 6.61 Å². The van der Waals surface area contributed by atoms with Gasteiger partial charge in [0.05, 0.1) is 18.8 Å². The Hall–Kier alpha value is -1.39. The minimum atomic E-state index is -0.232. The number of hydrogen-bond donors (Lipinski definition) is 0. The Kier molecular flexibility index (Phi) is 6.28. The highest BCUT2D eigenvalue weighted by Crippen LogP contribution is 2.30. The molecular formula is C21H33NO3. The molecule has 25 heavy (non-hydrogen) atoms. The number of carbonyl (C=O) groups is 1. The monoisotopic (exact) mass is 347 g/mol. The van der Waals surface area contributed by atoms with Gasteiger partial charge < -0.3 is 9.47 Å². The summed E-state index contributed by atoms with van der Waals surface area (Å²) in [5.41, 5.74) is 2.97. The number of benzene rings is 1. The van der Waals surface area contributed by atoms with Gasteiger partial charge in [-0.3, -0.25) is 4.90 Å². The number of rotatable bonds is 4. The molecule has 0 aliphatic carbocycles. The summed E-state index contributed by atoms with van der Waals surface area (Å²) in [6.07, 6.45) is 0. The Morgan fingerprint density at radius 1 is 1.00 bits per heavy atom. The van der Waals surface area contributed by atoms with Crippen LogP contribution in [-0.2, 0) is 20.3 Å². The van der Waals surface area contributed by atoms with E-state index in [0.29, 0.717) is 12.2 Å². The van der Waals surface area contributed by atoms with Crippen LogP contribution in [0, 0.1) is 0 Å². The second-order valence-electron chi connectivity index (χ2n) is 8.89. The van der Waals surface area contributed by atoms with Crippen molar-refractivity contribution in [3.05, 3.63) is 34.9 Å². The van der Waals surface area contributed by atoms with Crippen LogP contribution < -0.4 is 0 Å². The molecule has 0 aromatic heterocycles. The van der Waals surface area contributed by atoms with E-state index in [9.17, 15) is 4.79 Å². The quantitative estimate of drug-likeness (QED) is 0.777. The molecule has 1 saturated heterocycles. The molecule has 0 saturated carbocycles. The highest BCUT2D eigenvalue weighted by molar-refractivity contribution is 5.90. The van der Waals surface area contributed by atoms with Crippen LogP contribution in [0.2, 0.25) is 0 Å². The lowest BCUT2D eigenvalue weighted by atomic mass is 9.79. The summed E-state index contributed by atoms with van der Waals surface area (Å²) >= 11 is 0. The van der Waals surface area contributed by atoms with Crippen molar-refractivity contribution in [1.29, 1.82) is 0 Å². The molecule has 0 spiro atoms. The summed E-state index contributed by atoms with van der Waals surface area (Å²) in [4.78, 5) is 14.8. The summed E-state index contributed by atoms with van der Waals surface area (Å²) in [5.74, 6) is -0.232. The molecule has 0 atom stereocenters. The van der Waals surface area contributed by atoms with Gasteiger partial charge in [-0.2, -0.15) is 0 Å². The molecule has 1 aliphatic rings. The first-order valence-corrected chi connectivity index (χ1v) is 9.21. The van der Waals surface area contributed by atoms with Crippen molar-refractivity contribution < 1.29 is 14.3 Å². The number of esters is 1. The molecule has 2 rings (SSSR count). The third kappa shape index (κ3) is 5.82. The van der Waals surface area contributed by atoms with Gasteiger partial charge >= 0.3 is 5.97 Å². The molecule has 0 radical (unpaired) electrons. The summed E-state index contributed by atoms with van der Waals surface area (Å²) in [5, 5.41) is 0. The molecule has 140 valence electrons. The van der Waals surface area contributed by atoms with Crippen LogP contribution in [-0.4, -0.2) is 50.3 Å². The molecule has 4 nitrogen and oxygen atoms in total. The SMILES string of the molecule is CC(C)(C)c1cc(C(=O)OCCN2CCOCC2)cc(C(C)(C)C)c1. The Morgan fingerprint density at radius 3 is 2.00 bits per heavy atom. The van der Waals surface area contributed by atoms with Crippen LogP contribution in [0.4, 0.5) is 0 Å². The maximum Gasteiger partial charge on any atom is 0.338 e. The first kappa shape index (κ1) is 19.9. The Balaban J connectivity index is 2.09. The first-order valence-electron chi connectivity index (χ1n) is 9.21. The topological polar surface area (TPSA) is 38.8 Å². The van der Waals surface area contributed by atoms with E-state index in [2.05, 4.69) is 52.5 Å². The zero-order chi connectivity index (χ0) is 18.7. The fourth-order valence-electron chi connectivity index (χ4n) is 2.79. The van der Waals surface area contributed by atoms with E-state index < -0.39 is 0 Å². The van der Waals surface area contributed by atoms with Crippen LogP contribution >= 0.6 is 0 Å². The van der Waals surface area contributed by atoms with Gasteiger partial charge in [-0.05, 0) is 34.1 Å². The Labute approximate surface area is 152 Å². The van der Waals surface area contributed by atoms with Gasteiger partial charge in [-0.25, -0.2) is 4.79 Å². The maximum atomic E-state index is 12.6. The van der Waals surface area contributed by atoms with Gasteiger partial charge in [0.2, 0.25) is 0 Å². The standard InChI is InChI=1S/C21H33NO3/c1-20(2,3)17-13-16(14-18(15-17)21(4,5)6)19(23)25-12-9-22-7-10-24-11-8-22/h13-15H,7-12H2,1-6H3. The van der Waals surface area contributed by atoms with Crippen LogP contribution in [0.5, 0.6) is 0 Å².